The molecule has 1 aliphatic rings. The maximum Gasteiger partial charge on any atom is 0.242 e. The largest absolute Gasteiger partial charge is 0.497 e. The summed E-state index contributed by atoms with van der Waals surface area (Å²) in [4.78, 5) is 26.7. The van der Waals surface area contributed by atoms with Crippen molar-refractivity contribution in [2.24, 2.45) is 0 Å². The number of fused-ring (bicyclic) bond motifs is 1. The molecule has 0 aromatic heterocycles. The maximum atomic E-state index is 13.3. The molecule has 2 N–H and O–H groups in total. The Labute approximate surface area is 205 Å². The highest BCUT2D eigenvalue weighted by molar-refractivity contribution is 7.89. The normalized spacial score (nSPS) is 13.7. The lowest BCUT2D eigenvalue weighted by molar-refractivity contribution is -0.118. The summed E-state index contributed by atoms with van der Waals surface area (Å²) in [7, 11) is -2.50. The van der Waals surface area contributed by atoms with Gasteiger partial charge in [-0.1, -0.05) is 36.4 Å². The Kier molecular flexibility index (Phi) is 7.18. The predicted octanol–water partition coefficient (Wildman–Crippen LogP) is 3.13. The zero-order chi connectivity index (χ0) is 25.0. The Bertz CT molecular complexity index is 1340. The first-order chi connectivity index (χ1) is 16.8. The van der Waals surface area contributed by atoms with Crippen molar-refractivity contribution in [3.05, 3.63) is 83.9 Å². The van der Waals surface area contributed by atoms with E-state index in [1.54, 1.807) is 41.3 Å². The van der Waals surface area contributed by atoms with E-state index in [2.05, 4.69) is 10.0 Å². The van der Waals surface area contributed by atoms with E-state index in [-0.39, 0.29) is 17.2 Å². The van der Waals surface area contributed by atoms with Gasteiger partial charge in [0.25, 0.3) is 0 Å². The van der Waals surface area contributed by atoms with Crippen molar-refractivity contribution in [3.8, 4) is 5.75 Å². The molecule has 8 nitrogen and oxygen atoms in total. The minimum atomic E-state index is -4.03. The molecular formula is C26H27N3O5S. The lowest BCUT2D eigenvalue weighted by Crippen LogP contribution is -2.45. The van der Waals surface area contributed by atoms with Crippen molar-refractivity contribution in [2.45, 2.75) is 30.7 Å². The van der Waals surface area contributed by atoms with Crippen molar-refractivity contribution < 1.29 is 22.7 Å². The second kappa shape index (κ2) is 10.3. The number of methoxy groups -OCH3 is 1. The zero-order valence-corrected chi connectivity index (χ0v) is 20.3. The fraction of sp³-hybridized carbons (Fsp3) is 0.231. The number of anilines is 2. The van der Waals surface area contributed by atoms with Gasteiger partial charge < -0.3 is 15.0 Å². The summed E-state index contributed by atoms with van der Waals surface area (Å²) in [6.07, 6.45) is 0.737. The van der Waals surface area contributed by atoms with Crippen LogP contribution in [0.4, 0.5) is 11.4 Å². The molecule has 0 aliphatic carbocycles. The fourth-order valence-corrected chi connectivity index (χ4v) is 5.34. The molecule has 1 atom stereocenters. The van der Waals surface area contributed by atoms with Gasteiger partial charge in [-0.15, -0.1) is 0 Å². The van der Waals surface area contributed by atoms with E-state index in [0.717, 1.165) is 11.1 Å². The van der Waals surface area contributed by atoms with E-state index in [1.165, 1.54) is 20.1 Å². The second-order valence-corrected chi connectivity index (χ2v) is 10.0. The van der Waals surface area contributed by atoms with Gasteiger partial charge in [0.2, 0.25) is 21.8 Å². The van der Waals surface area contributed by atoms with Gasteiger partial charge in [0.1, 0.15) is 11.8 Å². The number of rotatable bonds is 8. The van der Waals surface area contributed by atoms with Crippen molar-refractivity contribution in [1.82, 2.24) is 4.72 Å². The summed E-state index contributed by atoms with van der Waals surface area (Å²) in [5, 5.41) is 2.78. The Hall–Kier alpha value is -3.69. The van der Waals surface area contributed by atoms with Crippen LogP contribution in [-0.4, -0.2) is 39.9 Å². The Morgan fingerprint density at radius 1 is 1.03 bits per heavy atom. The molecule has 3 aromatic rings. The summed E-state index contributed by atoms with van der Waals surface area (Å²) in [6, 6.07) is 19.7. The number of amides is 2. The van der Waals surface area contributed by atoms with Crippen molar-refractivity contribution in [2.75, 3.05) is 23.9 Å². The SMILES string of the molecule is COc1cccc(NC(=O)C(Cc2ccccc2)NS(=O)(=O)c2ccc3c(c2)CCN3C(C)=O)c1. The van der Waals surface area contributed by atoms with Gasteiger partial charge in [0.15, 0.2) is 0 Å². The minimum Gasteiger partial charge on any atom is -0.497 e. The standard InChI is InChI=1S/C26H27N3O5S/c1-18(30)29-14-13-20-16-23(11-12-25(20)29)35(32,33)28-24(15-19-7-4-3-5-8-19)26(31)27-21-9-6-10-22(17-21)34-2/h3-12,16-17,24,28H,13-15H2,1-2H3,(H,27,31). The van der Waals surface area contributed by atoms with Crippen LogP contribution in [-0.2, 0) is 32.5 Å². The van der Waals surface area contributed by atoms with E-state index in [4.69, 9.17) is 4.74 Å². The Morgan fingerprint density at radius 3 is 2.51 bits per heavy atom. The van der Waals surface area contributed by atoms with Gasteiger partial charge in [-0.2, -0.15) is 4.72 Å². The molecule has 1 heterocycles. The van der Waals surface area contributed by atoms with Crippen LogP contribution in [0.3, 0.4) is 0 Å². The maximum absolute atomic E-state index is 13.3. The van der Waals surface area contributed by atoms with Crippen molar-refractivity contribution in [3.63, 3.8) is 0 Å². The van der Waals surface area contributed by atoms with Gasteiger partial charge in [0.05, 0.1) is 12.0 Å². The number of sulfonamides is 1. The van der Waals surface area contributed by atoms with Gasteiger partial charge in [-0.25, -0.2) is 8.42 Å². The molecule has 0 fully saturated rings. The third-order valence-corrected chi connectivity index (χ3v) is 7.34. The van der Waals surface area contributed by atoms with Crippen molar-refractivity contribution >= 4 is 33.2 Å². The quantitative estimate of drug-likeness (QED) is 0.502. The van der Waals surface area contributed by atoms with Crippen LogP contribution in [0.2, 0.25) is 0 Å². The fourth-order valence-electron chi connectivity index (χ4n) is 4.10. The first-order valence-corrected chi connectivity index (χ1v) is 12.7. The van der Waals surface area contributed by atoms with E-state index in [0.29, 0.717) is 30.1 Å². The van der Waals surface area contributed by atoms with E-state index in [1.807, 2.05) is 30.3 Å². The molecular weight excluding hydrogens is 466 g/mol. The number of nitrogens with zero attached hydrogens (tertiary/aromatic N) is 1. The highest BCUT2D eigenvalue weighted by Crippen LogP contribution is 2.30. The highest BCUT2D eigenvalue weighted by Gasteiger charge is 2.29. The smallest absolute Gasteiger partial charge is 0.242 e. The number of hydrogen-bond acceptors (Lipinski definition) is 5. The van der Waals surface area contributed by atoms with E-state index < -0.39 is 22.0 Å². The number of hydrogen-bond donors (Lipinski definition) is 2. The summed E-state index contributed by atoms with van der Waals surface area (Å²) >= 11 is 0. The van der Waals surface area contributed by atoms with Crippen LogP contribution in [0.5, 0.6) is 5.75 Å². The predicted molar refractivity (Wildman–Crippen MR) is 134 cm³/mol. The first kappa shape index (κ1) is 24.4. The zero-order valence-electron chi connectivity index (χ0n) is 19.5. The number of benzene rings is 3. The molecule has 9 heteroatoms. The van der Waals surface area contributed by atoms with Gasteiger partial charge in [0, 0.05) is 30.9 Å². The van der Waals surface area contributed by atoms with Crippen LogP contribution in [0, 0.1) is 0 Å². The molecule has 3 aromatic carbocycles. The second-order valence-electron chi connectivity index (χ2n) is 8.30. The molecule has 0 saturated carbocycles. The van der Waals surface area contributed by atoms with Gasteiger partial charge in [-0.05, 0) is 54.3 Å². The molecule has 182 valence electrons. The molecule has 0 bridgehead atoms. The number of carbonyl (C=O) groups is 2. The Balaban J connectivity index is 1.59. The summed E-state index contributed by atoms with van der Waals surface area (Å²) < 4.78 is 34.4. The number of ether oxygens (including phenoxy) is 1. The third kappa shape index (κ3) is 5.70. The molecule has 0 saturated heterocycles. The van der Waals surface area contributed by atoms with Crippen LogP contribution in [0.15, 0.2) is 77.7 Å². The lowest BCUT2D eigenvalue weighted by Gasteiger charge is -2.20. The van der Waals surface area contributed by atoms with Gasteiger partial charge >= 0.3 is 0 Å². The number of nitrogens with one attached hydrogen (secondary N) is 2. The van der Waals surface area contributed by atoms with E-state index >= 15 is 0 Å². The molecule has 0 spiro atoms. The van der Waals surface area contributed by atoms with Crippen molar-refractivity contribution in [1.29, 1.82) is 0 Å². The van der Waals surface area contributed by atoms with Crippen LogP contribution >= 0.6 is 0 Å². The third-order valence-electron chi connectivity index (χ3n) is 5.87. The molecule has 35 heavy (non-hydrogen) atoms. The van der Waals surface area contributed by atoms with Gasteiger partial charge in [-0.3, -0.25) is 9.59 Å². The van der Waals surface area contributed by atoms with E-state index in [9.17, 15) is 18.0 Å². The average Bonchev–Trinajstić information content (AvgIpc) is 3.28. The lowest BCUT2D eigenvalue weighted by atomic mass is 10.1. The van der Waals surface area contributed by atoms with Crippen LogP contribution < -0.4 is 19.7 Å². The molecule has 1 aliphatic heterocycles. The summed E-state index contributed by atoms with van der Waals surface area (Å²) in [6.45, 7) is 2.00. The Morgan fingerprint density at radius 2 is 1.80 bits per heavy atom. The molecule has 1 unspecified atom stereocenters. The molecule has 2 amide bonds. The molecule has 0 radical (unpaired) electrons. The minimum absolute atomic E-state index is 0.0499. The van der Waals surface area contributed by atoms with Crippen LogP contribution in [0.25, 0.3) is 0 Å². The monoisotopic (exact) mass is 493 g/mol. The average molecular weight is 494 g/mol. The summed E-state index contributed by atoms with van der Waals surface area (Å²) in [5.41, 5.74) is 2.80. The van der Waals surface area contributed by atoms with Crippen LogP contribution in [0.1, 0.15) is 18.1 Å². The topological polar surface area (TPSA) is 105 Å². The number of carbonyl (C=O) groups excluding carboxylic acids is 2. The first-order valence-electron chi connectivity index (χ1n) is 11.2. The summed E-state index contributed by atoms with van der Waals surface area (Å²) in [5.74, 6) is -0.00930. The molecule has 4 rings (SSSR count). The highest BCUT2D eigenvalue weighted by atomic mass is 32.2.